The van der Waals surface area contributed by atoms with E-state index in [0.717, 1.165) is 0 Å². The van der Waals surface area contributed by atoms with Crippen molar-refractivity contribution in [3.05, 3.63) is 0 Å². The minimum atomic E-state index is -1.10. The quantitative estimate of drug-likeness (QED) is 0.511. The molecule has 0 saturated carbocycles. The summed E-state index contributed by atoms with van der Waals surface area (Å²) in [5, 5.41) is 13.6. The van der Waals surface area contributed by atoms with Gasteiger partial charge in [-0.1, -0.05) is 13.8 Å². The Morgan fingerprint density at radius 3 is 2.06 bits per heavy atom. The molecule has 0 spiro atoms. The van der Waals surface area contributed by atoms with Gasteiger partial charge < -0.3 is 21.5 Å². The number of carbonyl (C=O) groups is 3. The van der Waals surface area contributed by atoms with Crippen LogP contribution in [0.2, 0.25) is 0 Å². The van der Waals surface area contributed by atoms with Gasteiger partial charge in [-0.25, -0.2) is 9.59 Å². The normalized spacial score (nSPS) is 13.9. The van der Waals surface area contributed by atoms with Gasteiger partial charge in [0, 0.05) is 12.5 Å². The molecule has 0 aliphatic rings. The highest BCUT2D eigenvalue weighted by Crippen LogP contribution is 2.01. The third kappa shape index (κ3) is 6.39. The summed E-state index contributed by atoms with van der Waals surface area (Å²) in [6.45, 7) is 4.98. The topological polar surface area (TPSA) is 122 Å². The number of hydrogen-bond acceptors (Lipinski definition) is 3. The first-order valence-corrected chi connectivity index (χ1v) is 5.32. The van der Waals surface area contributed by atoms with E-state index in [1.54, 1.807) is 20.8 Å². The van der Waals surface area contributed by atoms with Crippen molar-refractivity contribution in [2.45, 2.75) is 39.3 Å². The van der Waals surface area contributed by atoms with Gasteiger partial charge in [-0.2, -0.15) is 0 Å². The third-order valence-corrected chi connectivity index (χ3v) is 2.10. The summed E-state index contributed by atoms with van der Waals surface area (Å²) >= 11 is 0. The summed E-state index contributed by atoms with van der Waals surface area (Å²) in [6.07, 6.45) is 0.00678. The molecule has 0 aromatic carbocycles. The minimum absolute atomic E-state index is 0.00678. The van der Waals surface area contributed by atoms with Gasteiger partial charge in [0.1, 0.15) is 6.04 Å². The monoisotopic (exact) mass is 245 g/mol. The lowest BCUT2D eigenvalue weighted by Gasteiger charge is -2.20. The molecular weight excluding hydrogens is 226 g/mol. The van der Waals surface area contributed by atoms with Crippen molar-refractivity contribution < 1.29 is 19.5 Å². The molecule has 3 amide bonds. The number of nitrogens with one attached hydrogen (secondary N) is 2. The Labute approximate surface area is 99.7 Å². The molecule has 0 saturated heterocycles. The Hall–Kier alpha value is -1.79. The van der Waals surface area contributed by atoms with E-state index in [1.165, 1.54) is 0 Å². The lowest BCUT2D eigenvalue weighted by atomic mass is 10.1. The van der Waals surface area contributed by atoms with E-state index in [9.17, 15) is 14.4 Å². The molecule has 2 atom stereocenters. The van der Waals surface area contributed by atoms with Crippen LogP contribution >= 0.6 is 0 Å². The number of carbonyl (C=O) groups excluding carboxylic acids is 2. The molecule has 7 nitrogen and oxygen atoms in total. The summed E-state index contributed by atoms with van der Waals surface area (Å²) in [5.74, 6) is -1.86. The summed E-state index contributed by atoms with van der Waals surface area (Å²) in [4.78, 5) is 32.8. The Morgan fingerprint density at radius 2 is 1.71 bits per heavy atom. The van der Waals surface area contributed by atoms with Crippen LogP contribution in [0, 0.1) is 5.92 Å². The zero-order chi connectivity index (χ0) is 13.6. The molecule has 0 aliphatic heterocycles. The smallest absolute Gasteiger partial charge is 0.326 e. The van der Waals surface area contributed by atoms with E-state index in [0.29, 0.717) is 0 Å². The molecular formula is C10H19N3O4. The number of hydrogen-bond donors (Lipinski definition) is 4. The number of primary amides is 1. The fraction of sp³-hybridized carbons (Fsp3) is 0.700. The number of nitrogens with two attached hydrogens (primary N) is 1. The zero-order valence-electron chi connectivity index (χ0n) is 10.2. The molecule has 0 heterocycles. The summed E-state index contributed by atoms with van der Waals surface area (Å²) in [7, 11) is 0. The third-order valence-electron chi connectivity index (χ3n) is 2.10. The molecule has 0 fully saturated rings. The first-order chi connectivity index (χ1) is 7.73. The molecule has 0 radical (unpaired) electrons. The molecule has 2 unspecified atom stereocenters. The van der Waals surface area contributed by atoms with Crippen molar-refractivity contribution in [3.8, 4) is 0 Å². The Morgan fingerprint density at radius 1 is 1.18 bits per heavy atom. The maximum atomic E-state index is 11.4. The van der Waals surface area contributed by atoms with Gasteiger partial charge in [0.15, 0.2) is 0 Å². The fourth-order valence-electron chi connectivity index (χ4n) is 1.27. The van der Waals surface area contributed by atoms with Crippen molar-refractivity contribution in [1.29, 1.82) is 0 Å². The second-order valence-corrected chi connectivity index (χ2v) is 4.25. The van der Waals surface area contributed by atoms with Gasteiger partial charge >= 0.3 is 12.0 Å². The van der Waals surface area contributed by atoms with Crippen molar-refractivity contribution >= 4 is 17.9 Å². The van der Waals surface area contributed by atoms with Crippen LogP contribution in [-0.4, -0.2) is 35.1 Å². The van der Waals surface area contributed by atoms with Crippen LogP contribution < -0.4 is 16.4 Å². The second kappa shape index (κ2) is 6.72. The van der Waals surface area contributed by atoms with Crippen LogP contribution in [0.4, 0.5) is 4.79 Å². The number of rotatable bonds is 6. The van der Waals surface area contributed by atoms with E-state index in [1.807, 2.05) is 0 Å². The van der Waals surface area contributed by atoms with Crippen molar-refractivity contribution in [2.75, 3.05) is 0 Å². The Bertz CT molecular complexity index is 304. The minimum Gasteiger partial charge on any atom is -0.480 e. The van der Waals surface area contributed by atoms with E-state index in [4.69, 9.17) is 10.8 Å². The highest BCUT2D eigenvalue weighted by atomic mass is 16.4. The first kappa shape index (κ1) is 15.2. The largest absolute Gasteiger partial charge is 0.480 e. The second-order valence-electron chi connectivity index (χ2n) is 4.25. The van der Waals surface area contributed by atoms with Gasteiger partial charge in [-0.3, -0.25) is 4.79 Å². The molecule has 7 heteroatoms. The van der Waals surface area contributed by atoms with E-state index in [-0.39, 0.29) is 12.3 Å². The van der Waals surface area contributed by atoms with Crippen LogP contribution in [-0.2, 0) is 9.59 Å². The number of urea groups is 1. The van der Waals surface area contributed by atoms with Gasteiger partial charge in [0.25, 0.3) is 0 Å². The summed E-state index contributed by atoms with van der Waals surface area (Å²) in [5.41, 5.74) is 4.96. The van der Waals surface area contributed by atoms with Gasteiger partial charge in [0.05, 0.1) is 0 Å². The number of carboxylic acids is 1. The SMILES string of the molecule is CC(CC(N)=O)NC(=O)NC(C(=O)O)C(C)C. The highest BCUT2D eigenvalue weighted by molar-refractivity contribution is 5.83. The predicted octanol–water partition coefficient (Wildman–Crippen LogP) is -0.341. The molecule has 0 bridgehead atoms. The van der Waals surface area contributed by atoms with Gasteiger partial charge in [0.2, 0.25) is 5.91 Å². The highest BCUT2D eigenvalue weighted by Gasteiger charge is 2.23. The van der Waals surface area contributed by atoms with Crippen molar-refractivity contribution in [3.63, 3.8) is 0 Å². The molecule has 0 aliphatic carbocycles. The molecule has 98 valence electrons. The zero-order valence-corrected chi connectivity index (χ0v) is 10.2. The van der Waals surface area contributed by atoms with Crippen LogP contribution in [0.25, 0.3) is 0 Å². The standard InChI is InChI=1S/C10H19N3O4/c1-5(2)8(9(15)16)13-10(17)12-6(3)4-7(11)14/h5-6,8H,4H2,1-3H3,(H2,11,14)(H,15,16)(H2,12,13,17). The van der Waals surface area contributed by atoms with E-state index >= 15 is 0 Å². The average molecular weight is 245 g/mol. The van der Waals surface area contributed by atoms with Crippen LogP contribution in [0.3, 0.4) is 0 Å². The van der Waals surface area contributed by atoms with Gasteiger partial charge in [-0.05, 0) is 12.8 Å². The lowest BCUT2D eigenvalue weighted by molar-refractivity contribution is -0.140. The molecule has 0 aromatic heterocycles. The first-order valence-electron chi connectivity index (χ1n) is 5.32. The number of amides is 3. The van der Waals surface area contributed by atoms with Crippen LogP contribution in [0.5, 0.6) is 0 Å². The van der Waals surface area contributed by atoms with Crippen molar-refractivity contribution in [1.82, 2.24) is 10.6 Å². The molecule has 0 rings (SSSR count). The Kier molecular flexibility index (Phi) is 6.01. The summed E-state index contributed by atoms with van der Waals surface area (Å²) in [6, 6.07) is -2.02. The molecule has 5 N–H and O–H groups in total. The fourth-order valence-corrected chi connectivity index (χ4v) is 1.27. The van der Waals surface area contributed by atoms with E-state index in [2.05, 4.69) is 10.6 Å². The number of carboxylic acid groups (broad SMARTS) is 1. The van der Waals surface area contributed by atoms with Crippen LogP contribution in [0.15, 0.2) is 0 Å². The van der Waals surface area contributed by atoms with Crippen LogP contribution in [0.1, 0.15) is 27.2 Å². The lowest BCUT2D eigenvalue weighted by Crippen LogP contribution is -2.51. The van der Waals surface area contributed by atoms with Gasteiger partial charge in [-0.15, -0.1) is 0 Å². The summed E-state index contributed by atoms with van der Waals surface area (Å²) < 4.78 is 0. The maximum absolute atomic E-state index is 11.4. The van der Waals surface area contributed by atoms with Crippen molar-refractivity contribution in [2.24, 2.45) is 11.7 Å². The average Bonchev–Trinajstić information content (AvgIpc) is 2.11. The maximum Gasteiger partial charge on any atom is 0.326 e. The molecule has 0 aromatic rings. The predicted molar refractivity (Wildman–Crippen MR) is 61.2 cm³/mol. The van der Waals surface area contributed by atoms with E-state index < -0.39 is 30.0 Å². The Balaban J connectivity index is 4.24. The number of aliphatic carboxylic acids is 1. The molecule has 17 heavy (non-hydrogen) atoms.